The highest BCUT2D eigenvalue weighted by atomic mass is 32.2. The van der Waals surface area contributed by atoms with Crippen molar-refractivity contribution in [3.8, 4) is 0 Å². The number of allylic oxidation sites excluding steroid dienone is 1. The van der Waals surface area contributed by atoms with Gasteiger partial charge in [0.05, 0.1) is 11.1 Å². The molecule has 0 saturated heterocycles. The van der Waals surface area contributed by atoms with Crippen LogP contribution in [0.2, 0.25) is 0 Å². The minimum Gasteiger partial charge on any atom is -0.478 e. The quantitative estimate of drug-likeness (QED) is 0.623. The standard InChI is InChI=1S/C13H13F3O2S2/c1-8(6-20-7-19-2)10-4-3-9(12(17)18)5-11(10)13(14,15)16/h3-6H,7H2,1-2H3,(H,17,18)/b8-6+. The van der Waals surface area contributed by atoms with E-state index in [2.05, 4.69) is 0 Å². The topological polar surface area (TPSA) is 37.3 Å². The maximum absolute atomic E-state index is 13.0. The Hall–Kier alpha value is -1.08. The van der Waals surface area contributed by atoms with Gasteiger partial charge in [0.15, 0.2) is 0 Å². The van der Waals surface area contributed by atoms with Crippen molar-refractivity contribution in [1.82, 2.24) is 0 Å². The predicted octanol–water partition coefficient (Wildman–Crippen LogP) is 4.82. The Morgan fingerprint density at radius 1 is 1.40 bits per heavy atom. The van der Waals surface area contributed by atoms with Gasteiger partial charge in [0.1, 0.15) is 0 Å². The zero-order chi connectivity index (χ0) is 15.3. The maximum Gasteiger partial charge on any atom is 0.417 e. The van der Waals surface area contributed by atoms with E-state index in [1.807, 2.05) is 6.26 Å². The number of aromatic carboxylic acids is 1. The Balaban J connectivity index is 3.25. The summed E-state index contributed by atoms with van der Waals surface area (Å²) in [5, 5.41) is 11.2. The first-order chi connectivity index (χ1) is 9.27. The van der Waals surface area contributed by atoms with Crippen molar-refractivity contribution >= 4 is 35.1 Å². The molecule has 0 heterocycles. The zero-order valence-electron chi connectivity index (χ0n) is 10.8. The molecule has 0 aliphatic carbocycles. The summed E-state index contributed by atoms with van der Waals surface area (Å²) in [5.74, 6) is -1.37. The van der Waals surface area contributed by atoms with Gasteiger partial charge in [-0.3, -0.25) is 0 Å². The van der Waals surface area contributed by atoms with E-state index in [0.29, 0.717) is 11.6 Å². The smallest absolute Gasteiger partial charge is 0.417 e. The molecule has 0 spiro atoms. The van der Waals surface area contributed by atoms with Crippen LogP contribution in [0, 0.1) is 0 Å². The Morgan fingerprint density at radius 3 is 2.55 bits per heavy atom. The molecule has 0 aliphatic heterocycles. The number of hydrogen-bond acceptors (Lipinski definition) is 3. The van der Waals surface area contributed by atoms with Gasteiger partial charge in [0, 0.05) is 5.08 Å². The van der Waals surface area contributed by atoms with Gasteiger partial charge >= 0.3 is 12.1 Å². The van der Waals surface area contributed by atoms with E-state index in [4.69, 9.17) is 5.11 Å². The van der Waals surface area contributed by atoms with Crippen molar-refractivity contribution in [3.05, 3.63) is 40.3 Å². The Bertz CT molecular complexity index is 525. The summed E-state index contributed by atoms with van der Waals surface area (Å²) < 4.78 is 39.0. The first-order valence-electron chi connectivity index (χ1n) is 5.49. The van der Waals surface area contributed by atoms with Crippen LogP contribution in [0.1, 0.15) is 28.4 Å². The van der Waals surface area contributed by atoms with Crippen molar-refractivity contribution < 1.29 is 23.1 Å². The molecule has 0 amide bonds. The average molecular weight is 322 g/mol. The van der Waals surface area contributed by atoms with Gasteiger partial charge in [0.2, 0.25) is 0 Å². The maximum atomic E-state index is 13.0. The van der Waals surface area contributed by atoms with Crippen LogP contribution in [0.3, 0.4) is 0 Å². The molecule has 1 aromatic carbocycles. The first-order valence-corrected chi connectivity index (χ1v) is 7.94. The van der Waals surface area contributed by atoms with Gasteiger partial charge < -0.3 is 5.11 Å². The lowest BCUT2D eigenvalue weighted by Gasteiger charge is -2.14. The van der Waals surface area contributed by atoms with E-state index in [1.54, 1.807) is 24.1 Å². The number of carboxylic acids is 1. The van der Waals surface area contributed by atoms with Crippen LogP contribution in [-0.2, 0) is 6.18 Å². The monoisotopic (exact) mass is 322 g/mol. The lowest BCUT2D eigenvalue weighted by molar-refractivity contribution is -0.137. The Labute approximate surface area is 123 Å². The number of thioether (sulfide) groups is 2. The van der Waals surface area contributed by atoms with Gasteiger partial charge in [-0.15, -0.1) is 11.8 Å². The number of hydrogen-bond donors (Lipinski definition) is 1. The van der Waals surface area contributed by atoms with Gasteiger partial charge in [-0.25, -0.2) is 4.79 Å². The van der Waals surface area contributed by atoms with E-state index in [-0.39, 0.29) is 11.1 Å². The van der Waals surface area contributed by atoms with Crippen LogP contribution in [0.5, 0.6) is 0 Å². The summed E-state index contributed by atoms with van der Waals surface area (Å²) in [4.78, 5) is 10.8. The molecule has 0 radical (unpaired) electrons. The molecule has 0 saturated carbocycles. The molecule has 2 nitrogen and oxygen atoms in total. The third-order valence-corrected chi connectivity index (χ3v) is 4.45. The predicted molar refractivity (Wildman–Crippen MR) is 78.0 cm³/mol. The number of carbonyl (C=O) groups is 1. The lowest BCUT2D eigenvalue weighted by Crippen LogP contribution is -2.10. The summed E-state index contributed by atoms with van der Waals surface area (Å²) in [5.41, 5.74) is -0.814. The minimum absolute atomic E-state index is 0.0103. The van der Waals surface area contributed by atoms with E-state index < -0.39 is 17.7 Å². The number of alkyl halides is 3. The SMILES string of the molecule is CSCS/C=C(\C)c1ccc(C(=O)O)cc1C(F)(F)F. The Morgan fingerprint density at radius 2 is 2.05 bits per heavy atom. The second-order valence-electron chi connectivity index (χ2n) is 3.94. The molecule has 0 atom stereocenters. The number of carboxylic acid groups (broad SMARTS) is 1. The van der Waals surface area contributed by atoms with Crippen LogP contribution in [0.15, 0.2) is 23.6 Å². The summed E-state index contributed by atoms with van der Waals surface area (Å²) in [6, 6.07) is 3.06. The highest BCUT2D eigenvalue weighted by molar-refractivity contribution is 8.17. The van der Waals surface area contributed by atoms with Gasteiger partial charge in [-0.1, -0.05) is 6.07 Å². The fraction of sp³-hybridized carbons (Fsp3) is 0.308. The van der Waals surface area contributed by atoms with E-state index >= 15 is 0 Å². The molecule has 1 N–H and O–H groups in total. The normalized spacial score (nSPS) is 12.6. The molecule has 0 aliphatic rings. The second-order valence-corrected chi connectivity index (χ2v) is 6.03. The molecule has 7 heteroatoms. The first kappa shape index (κ1) is 17.0. The molecular weight excluding hydrogens is 309 g/mol. The molecule has 1 rings (SSSR count). The van der Waals surface area contributed by atoms with Crippen LogP contribution < -0.4 is 0 Å². The number of benzene rings is 1. The molecule has 0 aromatic heterocycles. The van der Waals surface area contributed by atoms with Crippen molar-refractivity contribution in [2.45, 2.75) is 13.1 Å². The third kappa shape index (κ3) is 4.49. The van der Waals surface area contributed by atoms with Gasteiger partial charge in [0.25, 0.3) is 0 Å². The molecule has 0 fully saturated rings. The van der Waals surface area contributed by atoms with Gasteiger partial charge in [-0.2, -0.15) is 24.9 Å². The fourth-order valence-electron chi connectivity index (χ4n) is 1.55. The van der Waals surface area contributed by atoms with Crippen molar-refractivity contribution in [1.29, 1.82) is 0 Å². The summed E-state index contributed by atoms with van der Waals surface area (Å²) >= 11 is 2.98. The summed E-state index contributed by atoms with van der Waals surface area (Å²) in [6.45, 7) is 1.58. The zero-order valence-corrected chi connectivity index (χ0v) is 12.5. The molecule has 1 aromatic rings. The van der Waals surface area contributed by atoms with Gasteiger partial charge in [-0.05, 0) is 41.9 Å². The average Bonchev–Trinajstić information content (AvgIpc) is 2.37. The lowest BCUT2D eigenvalue weighted by atomic mass is 9.99. The summed E-state index contributed by atoms with van der Waals surface area (Å²) in [7, 11) is 0. The van der Waals surface area contributed by atoms with E-state index in [9.17, 15) is 18.0 Å². The second kappa shape index (κ2) is 7.08. The summed E-state index contributed by atoms with van der Waals surface area (Å²) in [6.07, 6.45) is -2.68. The van der Waals surface area contributed by atoms with Crippen molar-refractivity contribution in [3.63, 3.8) is 0 Å². The fourth-order valence-corrected chi connectivity index (χ4v) is 2.74. The Kier molecular flexibility index (Phi) is 6.01. The molecular formula is C13H13F3O2S2. The largest absolute Gasteiger partial charge is 0.478 e. The van der Waals surface area contributed by atoms with Crippen LogP contribution >= 0.6 is 23.5 Å². The molecule has 20 heavy (non-hydrogen) atoms. The third-order valence-electron chi connectivity index (χ3n) is 2.44. The highest BCUT2D eigenvalue weighted by Crippen LogP contribution is 2.36. The van der Waals surface area contributed by atoms with E-state index in [0.717, 1.165) is 5.08 Å². The minimum atomic E-state index is -4.58. The van der Waals surface area contributed by atoms with E-state index in [1.165, 1.54) is 23.9 Å². The van der Waals surface area contributed by atoms with Crippen molar-refractivity contribution in [2.75, 3.05) is 11.3 Å². The molecule has 0 bridgehead atoms. The molecule has 0 unspecified atom stereocenters. The number of rotatable bonds is 5. The van der Waals surface area contributed by atoms with Crippen LogP contribution in [0.4, 0.5) is 13.2 Å². The molecule has 110 valence electrons. The van der Waals surface area contributed by atoms with Crippen LogP contribution in [-0.4, -0.2) is 22.4 Å². The highest BCUT2D eigenvalue weighted by Gasteiger charge is 2.34. The number of halogens is 3. The van der Waals surface area contributed by atoms with Crippen molar-refractivity contribution in [2.24, 2.45) is 0 Å². The van der Waals surface area contributed by atoms with Crippen LogP contribution in [0.25, 0.3) is 5.57 Å².